The van der Waals surface area contributed by atoms with Crippen molar-refractivity contribution in [2.75, 3.05) is 32.6 Å². The summed E-state index contributed by atoms with van der Waals surface area (Å²) in [6, 6.07) is 18.9. The first kappa shape index (κ1) is 26.3. The first-order chi connectivity index (χ1) is 17.9. The monoisotopic (exact) mass is 524 g/mol. The molecule has 2 atom stereocenters. The van der Waals surface area contributed by atoms with Gasteiger partial charge in [0.1, 0.15) is 30.0 Å². The van der Waals surface area contributed by atoms with E-state index >= 15 is 0 Å². The average molecular weight is 525 g/mol. The van der Waals surface area contributed by atoms with Crippen LogP contribution in [0, 0.1) is 0 Å². The van der Waals surface area contributed by atoms with Gasteiger partial charge in [-0.15, -0.1) is 0 Å². The van der Waals surface area contributed by atoms with Crippen LogP contribution in [0.2, 0.25) is 5.02 Å². The maximum absolute atomic E-state index is 13.3. The lowest BCUT2D eigenvalue weighted by molar-refractivity contribution is 0.0536. The molecule has 9 heteroatoms. The third-order valence-electron chi connectivity index (χ3n) is 6.05. The number of benzene rings is 3. The topological polar surface area (TPSA) is 114 Å². The van der Waals surface area contributed by atoms with Gasteiger partial charge in [-0.3, -0.25) is 4.90 Å². The van der Waals surface area contributed by atoms with Crippen molar-refractivity contribution in [2.24, 2.45) is 0 Å². The summed E-state index contributed by atoms with van der Waals surface area (Å²) in [5.41, 5.74) is 9.49. The smallest absolute Gasteiger partial charge is 0.416 e. The molecule has 0 bridgehead atoms. The van der Waals surface area contributed by atoms with E-state index in [1.807, 2.05) is 24.3 Å². The van der Waals surface area contributed by atoms with Crippen molar-refractivity contribution in [3.8, 4) is 17.2 Å². The van der Waals surface area contributed by atoms with Crippen LogP contribution in [0.15, 0.2) is 72.8 Å². The molecule has 1 amide bonds. The lowest BCUT2D eigenvalue weighted by Crippen LogP contribution is -2.39. The molecule has 8 nitrogen and oxygen atoms in total. The highest BCUT2D eigenvalue weighted by Crippen LogP contribution is 2.37. The Balaban J connectivity index is 1.62. The van der Waals surface area contributed by atoms with Crippen LogP contribution in [0.5, 0.6) is 17.2 Å². The molecule has 0 aromatic heterocycles. The highest BCUT2D eigenvalue weighted by Gasteiger charge is 2.30. The van der Waals surface area contributed by atoms with E-state index in [1.165, 1.54) is 0 Å². The Morgan fingerprint density at radius 3 is 2.43 bits per heavy atom. The number of nitrogen functional groups attached to an aromatic ring is 1. The Kier molecular flexibility index (Phi) is 8.55. The SMILES string of the molecule is COc1ccc(OC(=O)N2CCC(c3cc(Cl)ccc3N)=CC2c2ccc(OCC(O)CO)cc2)cc1. The van der Waals surface area contributed by atoms with E-state index in [0.717, 1.165) is 16.7 Å². The van der Waals surface area contributed by atoms with Gasteiger partial charge in [-0.05, 0) is 72.2 Å². The molecule has 1 heterocycles. The fourth-order valence-corrected chi connectivity index (χ4v) is 4.24. The molecule has 0 saturated heterocycles. The molecule has 1 aliphatic rings. The third-order valence-corrected chi connectivity index (χ3v) is 6.29. The second-order valence-electron chi connectivity index (χ2n) is 8.57. The van der Waals surface area contributed by atoms with Gasteiger partial charge in [0.2, 0.25) is 0 Å². The number of aliphatic hydroxyl groups is 2. The van der Waals surface area contributed by atoms with Gasteiger partial charge in [0.15, 0.2) is 0 Å². The summed E-state index contributed by atoms with van der Waals surface area (Å²) in [5.74, 6) is 1.60. The molecule has 37 heavy (non-hydrogen) atoms. The van der Waals surface area contributed by atoms with Gasteiger partial charge in [-0.2, -0.15) is 0 Å². The van der Waals surface area contributed by atoms with Crippen molar-refractivity contribution in [3.63, 3.8) is 0 Å². The summed E-state index contributed by atoms with van der Waals surface area (Å²) in [5, 5.41) is 19.1. The lowest BCUT2D eigenvalue weighted by atomic mass is 9.91. The van der Waals surface area contributed by atoms with Crippen LogP contribution < -0.4 is 19.9 Å². The fourth-order valence-electron chi connectivity index (χ4n) is 4.07. The van der Waals surface area contributed by atoms with E-state index in [2.05, 4.69) is 0 Å². The number of ether oxygens (including phenoxy) is 3. The number of carbonyl (C=O) groups is 1. The maximum atomic E-state index is 13.3. The fraction of sp³-hybridized carbons (Fsp3) is 0.250. The number of rotatable bonds is 8. The van der Waals surface area contributed by atoms with Gasteiger partial charge >= 0.3 is 6.09 Å². The van der Waals surface area contributed by atoms with Crippen LogP contribution >= 0.6 is 11.6 Å². The number of nitrogens with two attached hydrogens (primary N) is 1. The number of hydrogen-bond acceptors (Lipinski definition) is 7. The number of carbonyl (C=O) groups excluding carboxylic acids is 1. The molecule has 0 saturated carbocycles. The van der Waals surface area contributed by atoms with Gasteiger partial charge in [0, 0.05) is 22.8 Å². The van der Waals surface area contributed by atoms with Gasteiger partial charge in [0.05, 0.1) is 19.8 Å². The molecule has 2 unspecified atom stereocenters. The standard InChI is InChI=1S/C28H29ClN2O6/c1-35-22-7-9-24(10-8-22)37-28(34)31-13-12-19(25-15-20(29)4-11-26(25)30)14-27(31)18-2-5-23(6-3-18)36-17-21(33)16-32/h2-11,14-15,21,27,32-33H,12-13,16-17,30H2,1H3. The molecule has 0 spiro atoms. The molecule has 4 N–H and O–H groups in total. The van der Waals surface area contributed by atoms with E-state index in [1.54, 1.807) is 60.5 Å². The molecule has 3 aromatic rings. The molecule has 4 rings (SSSR count). The summed E-state index contributed by atoms with van der Waals surface area (Å²) in [6.07, 6.45) is 1.11. The van der Waals surface area contributed by atoms with Gasteiger partial charge in [-0.1, -0.05) is 29.8 Å². The number of aliphatic hydroxyl groups excluding tert-OH is 2. The summed E-state index contributed by atoms with van der Waals surface area (Å²) in [7, 11) is 1.57. The predicted octanol–water partition coefficient (Wildman–Crippen LogP) is 4.69. The summed E-state index contributed by atoms with van der Waals surface area (Å²) in [4.78, 5) is 14.9. The largest absolute Gasteiger partial charge is 0.497 e. The Hall–Kier alpha value is -3.72. The molecular weight excluding hydrogens is 496 g/mol. The average Bonchev–Trinajstić information content (AvgIpc) is 2.93. The minimum Gasteiger partial charge on any atom is -0.497 e. The zero-order valence-electron chi connectivity index (χ0n) is 20.3. The molecule has 1 aliphatic heterocycles. The van der Waals surface area contributed by atoms with Crippen molar-refractivity contribution in [1.82, 2.24) is 4.90 Å². The van der Waals surface area contributed by atoms with Crippen molar-refractivity contribution >= 4 is 29.0 Å². The zero-order chi connectivity index (χ0) is 26.4. The Bertz CT molecular complexity index is 1250. The number of methoxy groups -OCH3 is 1. The van der Waals surface area contributed by atoms with Crippen LogP contribution in [0.3, 0.4) is 0 Å². The van der Waals surface area contributed by atoms with E-state index in [4.69, 9.17) is 36.7 Å². The minimum atomic E-state index is -0.963. The maximum Gasteiger partial charge on any atom is 0.416 e. The van der Waals surface area contributed by atoms with Crippen molar-refractivity contribution < 1.29 is 29.2 Å². The lowest BCUT2D eigenvalue weighted by Gasteiger charge is -2.34. The van der Waals surface area contributed by atoms with Crippen molar-refractivity contribution in [3.05, 3.63) is 89.0 Å². The first-order valence-electron chi connectivity index (χ1n) is 11.8. The zero-order valence-corrected chi connectivity index (χ0v) is 21.1. The van der Waals surface area contributed by atoms with Crippen LogP contribution in [0.1, 0.15) is 23.6 Å². The Morgan fingerprint density at radius 1 is 1.08 bits per heavy atom. The number of halogens is 1. The molecule has 0 fully saturated rings. The first-order valence-corrected chi connectivity index (χ1v) is 12.2. The second kappa shape index (κ2) is 12.0. The summed E-state index contributed by atoms with van der Waals surface area (Å²) >= 11 is 6.24. The predicted molar refractivity (Wildman–Crippen MR) is 142 cm³/mol. The van der Waals surface area contributed by atoms with E-state index in [-0.39, 0.29) is 13.2 Å². The molecule has 0 radical (unpaired) electrons. The van der Waals surface area contributed by atoms with Crippen LogP contribution in [-0.2, 0) is 0 Å². The second-order valence-corrected chi connectivity index (χ2v) is 9.01. The molecular formula is C28H29ClN2O6. The quantitative estimate of drug-likeness (QED) is 0.366. The van der Waals surface area contributed by atoms with Gasteiger partial charge in [-0.25, -0.2) is 4.79 Å². The van der Waals surface area contributed by atoms with Gasteiger partial charge < -0.3 is 30.2 Å². The number of nitrogens with zero attached hydrogens (tertiary/aromatic N) is 1. The number of amides is 1. The Morgan fingerprint density at radius 2 is 1.76 bits per heavy atom. The Labute approximate surface area is 220 Å². The molecule has 194 valence electrons. The van der Waals surface area contributed by atoms with E-state index in [9.17, 15) is 9.90 Å². The van der Waals surface area contributed by atoms with Crippen LogP contribution in [0.4, 0.5) is 10.5 Å². The molecule has 0 aliphatic carbocycles. The highest BCUT2D eigenvalue weighted by atomic mass is 35.5. The van der Waals surface area contributed by atoms with Crippen molar-refractivity contribution in [2.45, 2.75) is 18.6 Å². The van der Waals surface area contributed by atoms with Crippen LogP contribution in [0.25, 0.3) is 5.57 Å². The van der Waals surface area contributed by atoms with Crippen LogP contribution in [-0.4, -0.2) is 54.2 Å². The summed E-state index contributed by atoms with van der Waals surface area (Å²) < 4.78 is 16.4. The normalized spacial score (nSPS) is 16.1. The highest BCUT2D eigenvalue weighted by molar-refractivity contribution is 6.30. The molecule has 3 aromatic carbocycles. The summed E-state index contributed by atoms with van der Waals surface area (Å²) in [6.45, 7) is -0.0122. The number of anilines is 1. The van der Waals surface area contributed by atoms with E-state index < -0.39 is 18.2 Å². The van der Waals surface area contributed by atoms with Gasteiger partial charge in [0.25, 0.3) is 0 Å². The third kappa shape index (κ3) is 6.54. The van der Waals surface area contributed by atoms with E-state index in [0.29, 0.717) is 40.9 Å². The minimum absolute atomic E-state index is 0.0301. The number of hydrogen-bond donors (Lipinski definition) is 3. The van der Waals surface area contributed by atoms with Crippen molar-refractivity contribution in [1.29, 1.82) is 0 Å².